The number of aryl methyl sites for hydroxylation is 1. The molecule has 4 aromatic rings. The molecule has 0 unspecified atom stereocenters. The van der Waals surface area contributed by atoms with Crippen LogP contribution in [0.3, 0.4) is 0 Å². The highest BCUT2D eigenvalue weighted by Crippen LogP contribution is 2.31. The number of halogens is 2. The first-order valence-electron chi connectivity index (χ1n) is 9.24. The lowest BCUT2D eigenvalue weighted by Crippen LogP contribution is -2.02. The van der Waals surface area contributed by atoms with Gasteiger partial charge in [-0.15, -0.1) is 0 Å². The van der Waals surface area contributed by atoms with Crippen molar-refractivity contribution in [1.82, 2.24) is 19.4 Å². The number of rotatable bonds is 7. The monoisotopic (exact) mass is 474 g/mol. The number of nitrogens with zero attached hydrogens (tertiary/aromatic N) is 5. The number of imidazole rings is 1. The lowest BCUT2D eigenvalue weighted by molar-refractivity contribution is -0.384. The van der Waals surface area contributed by atoms with Crippen molar-refractivity contribution in [2.24, 2.45) is 0 Å². The maximum Gasteiger partial charge on any atom is 0.311 e. The fourth-order valence-electron chi connectivity index (χ4n) is 3.05. The number of nitro groups is 1. The largest absolute Gasteiger partial charge is 0.378 e. The van der Waals surface area contributed by atoms with Gasteiger partial charge in [0.25, 0.3) is 0 Å². The number of nitrogens with two attached hydrogens (primary N) is 1. The molecular weight excluding hydrogens is 459 g/mol. The first-order chi connectivity index (χ1) is 14.9. The van der Waals surface area contributed by atoms with Gasteiger partial charge in [-0.3, -0.25) is 14.5 Å². The standard InChI is InChI=1S/C20H16Cl2N6O2S/c21-12-3-5-14(15(22)10-12)16-11-18-24-7-8-27(18)20(26-16)31-9-1-2-13-4-6-17(28(29)30)19(23)25-13/h3-8,10-11H,1-2,9H2,(H2,23,25). The van der Waals surface area contributed by atoms with Crippen LogP contribution in [-0.2, 0) is 6.42 Å². The van der Waals surface area contributed by atoms with Gasteiger partial charge >= 0.3 is 5.69 Å². The fourth-order valence-corrected chi connectivity index (χ4v) is 4.49. The molecule has 2 N–H and O–H groups in total. The van der Waals surface area contributed by atoms with E-state index in [0.717, 1.165) is 28.5 Å². The summed E-state index contributed by atoms with van der Waals surface area (Å²) in [6.45, 7) is 0. The van der Waals surface area contributed by atoms with E-state index in [-0.39, 0.29) is 11.5 Å². The number of hydrogen-bond donors (Lipinski definition) is 1. The van der Waals surface area contributed by atoms with Crippen LogP contribution < -0.4 is 5.73 Å². The van der Waals surface area contributed by atoms with Crippen LogP contribution in [0, 0.1) is 10.1 Å². The maximum atomic E-state index is 10.9. The molecule has 158 valence electrons. The summed E-state index contributed by atoms with van der Waals surface area (Å²) in [6, 6.07) is 10.2. The van der Waals surface area contributed by atoms with Crippen LogP contribution in [0.1, 0.15) is 12.1 Å². The molecule has 0 fully saturated rings. The molecular formula is C20H16Cl2N6O2S. The second-order valence-electron chi connectivity index (χ2n) is 6.62. The number of nitrogen functional groups attached to an aromatic ring is 1. The molecule has 8 nitrogen and oxygen atoms in total. The van der Waals surface area contributed by atoms with Crippen molar-refractivity contribution in [2.45, 2.75) is 18.0 Å². The van der Waals surface area contributed by atoms with E-state index in [0.29, 0.717) is 27.9 Å². The summed E-state index contributed by atoms with van der Waals surface area (Å²) in [5, 5.41) is 12.7. The van der Waals surface area contributed by atoms with E-state index >= 15 is 0 Å². The number of benzene rings is 1. The van der Waals surface area contributed by atoms with Crippen molar-refractivity contribution in [3.05, 3.63) is 74.6 Å². The summed E-state index contributed by atoms with van der Waals surface area (Å²) in [5.74, 6) is 0.695. The van der Waals surface area contributed by atoms with Crippen molar-refractivity contribution in [2.75, 3.05) is 11.5 Å². The summed E-state index contributed by atoms with van der Waals surface area (Å²) >= 11 is 14.0. The molecule has 31 heavy (non-hydrogen) atoms. The van der Waals surface area contributed by atoms with Gasteiger partial charge in [0, 0.05) is 46.6 Å². The Hall–Kier alpha value is -2.88. The van der Waals surface area contributed by atoms with Gasteiger partial charge in [0.1, 0.15) is 5.65 Å². The Labute approximate surface area is 191 Å². The second kappa shape index (κ2) is 9.09. The molecule has 0 aliphatic rings. The van der Waals surface area contributed by atoms with Gasteiger partial charge in [-0.2, -0.15) is 0 Å². The van der Waals surface area contributed by atoms with E-state index in [2.05, 4.69) is 9.97 Å². The molecule has 3 aromatic heterocycles. The Morgan fingerprint density at radius 3 is 2.74 bits per heavy atom. The molecule has 0 amide bonds. The van der Waals surface area contributed by atoms with Gasteiger partial charge in [0.2, 0.25) is 5.82 Å². The zero-order chi connectivity index (χ0) is 22.0. The quantitative estimate of drug-likeness (QED) is 0.127. The van der Waals surface area contributed by atoms with E-state index in [1.165, 1.54) is 6.07 Å². The van der Waals surface area contributed by atoms with E-state index in [1.807, 2.05) is 22.7 Å². The summed E-state index contributed by atoms with van der Waals surface area (Å²) in [7, 11) is 0. The van der Waals surface area contributed by atoms with Gasteiger partial charge in [0.15, 0.2) is 5.16 Å². The second-order valence-corrected chi connectivity index (χ2v) is 8.53. The molecule has 1 aromatic carbocycles. The summed E-state index contributed by atoms with van der Waals surface area (Å²) in [4.78, 5) is 23.6. The Morgan fingerprint density at radius 1 is 1.16 bits per heavy atom. The highest BCUT2D eigenvalue weighted by atomic mass is 35.5. The third-order valence-corrected chi connectivity index (χ3v) is 6.12. The van der Waals surface area contributed by atoms with Crippen molar-refractivity contribution in [3.8, 4) is 11.3 Å². The third kappa shape index (κ3) is 4.73. The zero-order valence-electron chi connectivity index (χ0n) is 16.0. The van der Waals surface area contributed by atoms with Gasteiger partial charge in [0.05, 0.1) is 15.6 Å². The Morgan fingerprint density at radius 2 is 2.00 bits per heavy atom. The molecule has 0 saturated heterocycles. The number of fused-ring (bicyclic) bond motifs is 1. The van der Waals surface area contributed by atoms with E-state index in [4.69, 9.17) is 33.9 Å². The Kier molecular flexibility index (Phi) is 6.26. The lowest BCUT2D eigenvalue weighted by Gasteiger charge is -2.09. The molecule has 0 atom stereocenters. The molecule has 0 spiro atoms. The van der Waals surface area contributed by atoms with Gasteiger partial charge in [-0.25, -0.2) is 15.0 Å². The van der Waals surface area contributed by atoms with Crippen molar-refractivity contribution in [1.29, 1.82) is 0 Å². The Bertz CT molecular complexity index is 1280. The minimum absolute atomic E-state index is 0.0653. The molecule has 0 aliphatic carbocycles. The van der Waals surface area contributed by atoms with Gasteiger partial charge in [-0.05, 0) is 37.1 Å². The smallest absolute Gasteiger partial charge is 0.311 e. The number of aromatic nitrogens is 4. The van der Waals surface area contributed by atoms with E-state index < -0.39 is 4.92 Å². The average molecular weight is 475 g/mol. The van der Waals surface area contributed by atoms with Crippen LogP contribution in [0.4, 0.5) is 11.5 Å². The zero-order valence-corrected chi connectivity index (χ0v) is 18.4. The van der Waals surface area contributed by atoms with Crippen LogP contribution in [-0.4, -0.2) is 30.0 Å². The van der Waals surface area contributed by atoms with Crippen molar-refractivity contribution < 1.29 is 4.92 Å². The third-order valence-electron chi connectivity index (χ3n) is 4.53. The predicted molar refractivity (Wildman–Crippen MR) is 123 cm³/mol. The summed E-state index contributed by atoms with van der Waals surface area (Å²) in [5.41, 5.74) is 8.46. The lowest BCUT2D eigenvalue weighted by atomic mass is 10.1. The minimum Gasteiger partial charge on any atom is -0.378 e. The highest BCUT2D eigenvalue weighted by molar-refractivity contribution is 7.99. The van der Waals surface area contributed by atoms with E-state index in [9.17, 15) is 10.1 Å². The molecule has 0 bridgehead atoms. The summed E-state index contributed by atoms with van der Waals surface area (Å²) in [6.07, 6.45) is 5.01. The average Bonchev–Trinajstić information content (AvgIpc) is 3.19. The SMILES string of the molecule is Nc1nc(CCCSc2nc(-c3ccc(Cl)cc3Cl)cc3nccn23)ccc1[N+](=O)[O-]. The topological polar surface area (TPSA) is 112 Å². The first kappa shape index (κ1) is 21.4. The van der Waals surface area contributed by atoms with Crippen LogP contribution in [0.2, 0.25) is 10.0 Å². The maximum absolute atomic E-state index is 10.9. The molecule has 0 aliphatic heterocycles. The number of pyridine rings is 1. The first-order valence-corrected chi connectivity index (χ1v) is 11.0. The molecule has 11 heteroatoms. The molecule has 3 heterocycles. The van der Waals surface area contributed by atoms with Crippen molar-refractivity contribution >= 4 is 52.1 Å². The van der Waals surface area contributed by atoms with Crippen LogP contribution >= 0.6 is 35.0 Å². The van der Waals surface area contributed by atoms with Crippen LogP contribution in [0.25, 0.3) is 16.9 Å². The Balaban J connectivity index is 1.49. The molecule has 0 saturated carbocycles. The molecule has 0 radical (unpaired) electrons. The fraction of sp³-hybridized carbons (Fsp3) is 0.150. The highest BCUT2D eigenvalue weighted by Gasteiger charge is 2.14. The van der Waals surface area contributed by atoms with Crippen LogP contribution in [0.15, 0.2) is 53.9 Å². The number of anilines is 1. The van der Waals surface area contributed by atoms with Crippen molar-refractivity contribution in [3.63, 3.8) is 0 Å². The number of thioether (sulfide) groups is 1. The van der Waals surface area contributed by atoms with Gasteiger partial charge < -0.3 is 5.73 Å². The normalized spacial score (nSPS) is 11.2. The predicted octanol–water partition coefficient (Wildman–Crippen LogP) is 5.31. The van der Waals surface area contributed by atoms with Gasteiger partial charge in [-0.1, -0.05) is 35.0 Å². The van der Waals surface area contributed by atoms with E-state index in [1.54, 1.807) is 36.2 Å². The van der Waals surface area contributed by atoms with Crippen LogP contribution in [0.5, 0.6) is 0 Å². The minimum atomic E-state index is -0.538. The summed E-state index contributed by atoms with van der Waals surface area (Å²) < 4.78 is 1.92. The number of hydrogen-bond acceptors (Lipinski definition) is 7. The molecule has 4 rings (SSSR count).